The molecule has 0 unspecified atom stereocenters. The van der Waals surface area contributed by atoms with Crippen molar-refractivity contribution < 1.29 is 4.79 Å². The predicted molar refractivity (Wildman–Crippen MR) is 81.6 cm³/mol. The number of aromatic nitrogens is 2. The molecule has 1 amide bonds. The number of carbonyl (C=O) groups excluding carboxylic acids is 1. The average Bonchev–Trinajstić information content (AvgIpc) is 2.49. The number of nitrogens with one attached hydrogen (secondary N) is 1. The van der Waals surface area contributed by atoms with Crippen LogP contribution in [0, 0.1) is 0 Å². The molecule has 0 radical (unpaired) electrons. The molecule has 0 aliphatic carbocycles. The Labute approximate surface area is 124 Å². The van der Waals surface area contributed by atoms with Gasteiger partial charge in [0.05, 0.1) is 16.8 Å². The van der Waals surface area contributed by atoms with E-state index in [4.69, 9.17) is 0 Å². The first kappa shape index (κ1) is 12.7. The predicted octanol–water partition coefficient (Wildman–Crippen LogP) is 3.64. The lowest BCUT2D eigenvalue weighted by Crippen LogP contribution is -2.12. The second kappa shape index (κ2) is 5.38. The van der Waals surface area contributed by atoms with Gasteiger partial charge in [-0.3, -0.25) is 14.8 Å². The summed E-state index contributed by atoms with van der Waals surface area (Å²) in [5.41, 5.74) is 2.08. The van der Waals surface area contributed by atoms with Crippen LogP contribution in [0.1, 0.15) is 10.4 Å². The summed E-state index contributed by atoms with van der Waals surface area (Å²) < 4.78 is 0.940. The van der Waals surface area contributed by atoms with E-state index in [0.717, 1.165) is 21.1 Å². The van der Waals surface area contributed by atoms with Gasteiger partial charge in [0.25, 0.3) is 5.91 Å². The molecule has 1 N–H and O–H groups in total. The van der Waals surface area contributed by atoms with Crippen molar-refractivity contribution in [3.63, 3.8) is 0 Å². The maximum Gasteiger partial charge on any atom is 0.257 e. The van der Waals surface area contributed by atoms with E-state index in [0.29, 0.717) is 5.56 Å². The van der Waals surface area contributed by atoms with Crippen LogP contribution in [-0.2, 0) is 0 Å². The number of carbonyl (C=O) groups is 1. The molecular formula is C15H10BrN3O. The summed E-state index contributed by atoms with van der Waals surface area (Å²) in [7, 11) is 0. The molecule has 0 spiro atoms. The van der Waals surface area contributed by atoms with E-state index in [1.54, 1.807) is 30.6 Å². The van der Waals surface area contributed by atoms with Gasteiger partial charge < -0.3 is 5.32 Å². The number of amides is 1. The van der Waals surface area contributed by atoms with E-state index in [1.807, 2.05) is 18.2 Å². The molecule has 0 fully saturated rings. The highest BCUT2D eigenvalue weighted by Crippen LogP contribution is 2.25. The molecule has 0 saturated carbocycles. The van der Waals surface area contributed by atoms with Crippen LogP contribution in [0.15, 0.2) is 59.5 Å². The molecule has 0 atom stereocenters. The van der Waals surface area contributed by atoms with Crippen molar-refractivity contribution in [2.24, 2.45) is 0 Å². The van der Waals surface area contributed by atoms with Crippen molar-refractivity contribution in [1.29, 1.82) is 0 Å². The Hall–Kier alpha value is -2.27. The summed E-state index contributed by atoms with van der Waals surface area (Å²) >= 11 is 3.43. The van der Waals surface area contributed by atoms with Crippen molar-refractivity contribution >= 4 is 38.4 Å². The van der Waals surface area contributed by atoms with Crippen LogP contribution in [0.4, 0.5) is 5.69 Å². The molecule has 5 heteroatoms. The smallest absolute Gasteiger partial charge is 0.257 e. The van der Waals surface area contributed by atoms with Gasteiger partial charge in [0, 0.05) is 28.4 Å². The molecule has 98 valence electrons. The summed E-state index contributed by atoms with van der Waals surface area (Å²) in [5.74, 6) is -0.189. The third-order valence-electron chi connectivity index (χ3n) is 2.88. The van der Waals surface area contributed by atoms with E-state index in [2.05, 4.69) is 31.2 Å². The fourth-order valence-corrected chi connectivity index (χ4v) is 2.28. The SMILES string of the molecule is O=C(Nc1ccnc2ccc(Br)cc12)c1cccnc1. The zero-order valence-electron chi connectivity index (χ0n) is 10.4. The number of hydrogen-bond donors (Lipinski definition) is 1. The molecule has 0 saturated heterocycles. The van der Waals surface area contributed by atoms with Crippen molar-refractivity contribution in [2.45, 2.75) is 0 Å². The second-order valence-corrected chi connectivity index (χ2v) is 5.13. The lowest BCUT2D eigenvalue weighted by molar-refractivity contribution is 0.102. The normalized spacial score (nSPS) is 10.4. The fourth-order valence-electron chi connectivity index (χ4n) is 1.92. The molecule has 1 aromatic carbocycles. The lowest BCUT2D eigenvalue weighted by atomic mass is 10.2. The molecule has 20 heavy (non-hydrogen) atoms. The van der Waals surface area contributed by atoms with Crippen LogP contribution < -0.4 is 5.32 Å². The standard InChI is InChI=1S/C15H10BrN3O/c16-11-3-4-13-12(8-11)14(5-7-18-13)19-15(20)10-2-1-6-17-9-10/h1-9H,(H,18,19,20). The van der Waals surface area contributed by atoms with E-state index < -0.39 is 0 Å². The topological polar surface area (TPSA) is 54.9 Å². The number of hydrogen-bond acceptors (Lipinski definition) is 3. The number of pyridine rings is 2. The lowest BCUT2D eigenvalue weighted by Gasteiger charge is -2.08. The first-order valence-corrected chi connectivity index (χ1v) is 6.79. The zero-order chi connectivity index (χ0) is 13.9. The number of halogens is 1. The quantitative estimate of drug-likeness (QED) is 0.781. The summed E-state index contributed by atoms with van der Waals surface area (Å²) in [4.78, 5) is 20.4. The zero-order valence-corrected chi connectivity index (χ0v) is 12.0. The summed E-state index contributed by atoms with van der Waals surface area (Å²) in [6, 6.07) is 11.0. The minimum atomic E-state index is -0.189. The molecule has 3 rings (SSSR count). The Balaban J connectivity index is 1.99. The van der Waals surface area contributed by atoms with Gasteiger partial charge in [-0.15, -0.1) is 0 Å². The van der Waals surface area contributed by atoms with Gasteiger partial charge in [0.2, 0.25) is 0 Å². The Kier molecular flexibility index (Phi) is 3.43. The van der Waals surface area contributed by atoms with E-state index in [-0.39, 0.29) is 5.91 Å². The highest BCUT2D eigenvalue weighted by Gasteiger charge is 2.08. The van der Waals surface area contributed by atoms with Gasteiger partial charge in [-0.2, -0.15) is 0 Å². The van der Waals surface area contributed by atoms with E-state index in [9.17, 15) is 4.79 Å². The van der Waals surface area contributed by atoms with Gasteiger partial charge in [0.1, 0.15) is 0 Å². The molecule has 4 nitrogen and oxygen atoms in total. The van der Waals surface area contributed by atoms with Gasteiger partial charge >= 0.3 is 0 Å². The highest BCUT2D eigenvalue weighted by molar-refractivity contribution is 9.10. The largest absolute Gasteiger partial charge is 0.321 e. The monoisotopic (exact) mass is 327 g/mol. The third-order valence-corrected chi connectivity index (χ3v) is 3.37. The number of benzene rings is 1. The maximum absolute atomic E-state index is 12.2. The summed E-state index contributed by atoms with van der Waals surface area (Å²) in [6.07, 6.45) is 4.85. The minimum Gasteiger partial charge on any atom is -0.321 e. The van der Waals surface area contributed by atoms with Gasteiger partial charge in [-0.1, -0.05) is 15.9 Å². The Morgan fingerprint density at radius 3 is 2.85 bits per heavy atom. The van der Waals surface area contributed by atoms with Crippen LogP contribution in [-0.4, -0.2) is 15.9 Å². The summed E-state index contributed by atoms with van der Waals surface area (Å²) in [5, 5.41) is 3.78. The first-order chi connectivity index (χ1) is 9.74. The average molecular weight is 328 g/mol. The van der Waals surface area contributed by atoms with Crippen LogP contribution in [0.5, 0.6) is 0 Å². The molecular weight excluding hydrogens is 318 g/mol. The van der Waals surface area contributed by atoms with Crippen molar-refractivity contribution in [3.8, 4) is 0 Å². The van der Waals surface area contributed by atoms with Gasteiger partial charge in [-0.05, 0) is 36.4 Å². The van der Waals surface area contributed by atoms with Crippen LogP contribution in [0.2, 0.25) is 0 Å². The van der Waals surface area contributed by atoms with Crippen LogP contribution >= 0.6 is 15.9 Å². The van der Waals surface area contributed by atoms with Crippen molar-refractivity contribution in [1.82, 2.24) is 9.97 Å². The minimum absolute atomic E-state index is 0.189. The molecule has 2 heterocycles. The highest BCUT2D eigenvalue weighted by atomic mass is 79.9. The Morgan fingerprint density at radius 1 is 1.15 bits per heavy atom. The number of fused-ring (bicyclic) bond motifs is 1. The molecule has 2 aromatic heterocycles. The third kappa shape index (κ3) is 2.53. The van der Waals surface area contributed by atoms with Gasteiger partial charge in [-0.25, -0.2) is 0 Å². The van der Waals surface area contributed by atoms with Crippen molar-refractivity contribution in [3.05, 3.63) is 65.0 Å². The van der Waals surface area contributed by atoms with Gasteiger partial charge in [0.15, 0.2) is 0 Å². The number of nitrogens with zero attached hydrogens (tertiary/aromatic N) is 2. The fraction of sp³-hybridized carbons (Fsp3) is 0. The maximum atomic E-state index is 12.2. The molecule has 0 aliphatic heterocycles. The number of anilines is 1. The number of rotatable bonds is 2. The second-order valence-electron chi connectivity index (χ2n) is 4.22. The Morgan fingerprint density at radius 2 is 2.05 bits per heavy atom. The molecule has 0 aliphatic rings. The van der Waals surface area contributed by atoms with E-state index in [1.165, 1.54) is 6.20 Å². The van der Waals surface area contributed by atoms with E-state index >= 15 is 0 Å². The molecule has 3 aromatic rings. The van der Waals surface area contributed by atoms with Crippen LogP contribution in [0.25, 0.3) is 10.9 Å². The first-order valence-electron chi connectivity index (χ1n) is 6.00. The van der Waals surface area contributed by atoms with Crippen molar-refractivity contribution in [2.75, 3.05) is 5.32 Å². The molecule has 0 bridgehead atoms. The summed E-state index contributed by atoms with van der Waals surface area (Å²) in [6.45, 7) is 0. The Bertz CT molecular complexity index is 774. The van der Waals surface area contributed by atoms with Crippen LogP contribution in [0.3, 0.4) is 0 Å².